The third-order valence-electron chi connectivity index (χ3n) is 3.16. The predicted octanol–water partition coefficient (Wildman–Crippen LogP) is 5.21. The molecule has 0 N–H and O–H groups in total. The molecule has 3 nitrogen and oxygen atoms in total. The van der Waals surface area contributed by atoms with Gasteiger partial charge in [-0.3, -0.25) is 0 Å². The number of benzene rings is 2. The fraction of sp³-hybridized carbons (Fsp3) is 0. The van der Waals surface area contributed by atoms with Gasteiger partial charge >= 0.3 is 0 Å². The van der Waals surface area contributed by atoms with Crippen molar-refractivity contribution in [2.75, 3.05) is 0 Å². The summed E-state index contributed by atoms with van der Waals surface area (Å²) in [5, 5.41) is 9.75. The summed E-state index contributed by atoms with van der Waals surface area (Å²) < 4.78 is 18.6. The largest absolute Gasteiger partial charge is 0.438 e. The molecule has 3 aromatic rings. The Bertz CT molecular complexity index is 888. The van der Waals surface area contributed by atoms with Crippen molar-refractivity contribution < 1.29 is 9.13 Å². The lowest BCUT2D eigenvalue weighted by atomic mass is 10.1. The van der Waals surface area contributed by atoms with Crippen molar-refractivity contribution in [1.82, 2.24) is 4.98 Å². The minimum absolute atomic E-state index is 0.150. The standard InChI is InChI=1S/C18H10ClFN2O/c19-16-4-2-1-3-15(16)17-10-5-12(11-21)18(22-17)23-14-8-6-13(20)7-9-14/h1-10H. The summed E-state index contributed by atoms with van der Waals surface area (Å²) in [4.78, 5) is 4.37. The molecule has 0 spiro atoms. The van der Waals surface area contributed by atoms with Crippen LogP contribution >= 0.6 is 11.6 Å². The highest BCUT2D eigenvalue weighted by molar-refractivity contribution is 6.33. The van der Waals surface area contributed by atoms with Gasteiger partial charge in [0.1, 0.15) is 23.2 Å². The maximum Gasteiger partial charge on any atom is 0.237 e. The summed E-state index contributed by atoms with van der Waals surface area (Å²) in [5.41, 5.74) is 1.61. The molecule has 0 radical (unpaired) electrons. The van der Waals surface area contributed by atoms with Crippen molar-refractivity contribution in [3.8, 4) is 29.0 Å². The van der Waals surface area contributed by atoms with E-state index in [1.54, 1.807) is 18.2 Å². The van der Waals surface area contributed by atoms with Crippen LogP contribution in [0.1, 0.15) is 5.56 Å². The Morgan fingerprint density at radius 1 is 1.00 bits per heavy atom. The van der Waals surface area contributed by atoms with Gasteiger partial charge in [0.05, 0.1) is 5.69 Å². The van der Waals surface area contributed by atoms with Crippen LogP contribution in [0.15, 0.2) is 60.7 Å². The summed E-state index contributed by atoms with van der Waals surface area (Å²) in [5.74, 6) is 0.180. The number of halogens is 2. The van der Waals surface area contributed by atoms with Crippen LogP contribution in [0, 0.1) is 17.1 Å². The number of aromatic nitrogens is 1. The highest BCUT2D eigenvalue weighted by Gasteiger charge is 2.11. The maximum atomic E-state index is 13.0. The van der Waals surface area contributed by atoms with Gasteiger partial charge in [-0.05, 0) is 42.5 Å². The molecule has 3 rings (SSSR count). The predicted molar refractivity (Wildman–Crippen MR) is 85.9 cm³/mol. The summed E-state index contributed by atoms with van der Waals surface area (Å²) in [7, 11) is 0. The van der Waals surface area contributed by atoms with Crippen molar-refractivity contribution in [2.24, 2.45) is 0 Å². The third-order valence-corrected chi connectivity index (χ3v) is 3.49. The zero-order chi connectivity index (χ0) is 16.2. The van der Waals surface area contributed by atoms with Crippen LogP contribution in [-0.4, -0.2) is 4.98 Å². The fourth-order valence-electron chi connectivity index (χ4n) is 2.04. The molecule has 0 atom stereocenters. The van der Waals surface area contributed by atoms with E-state index in [1.807, 2.05) is 24.3 Å². The molecule has 0 amide bonds. The van der Waals surface area contributed by atoms with Gasteiger partial charge < -0.3 is 4.74 Å². The normalized spacial score (nSPS) is 10.1. The van der Waals surface area contributed by atoms with Crippen LogP contribution in [0.3, 0.4) is 0 Å². The van der Waals surface area contributed by atoms with Crippen molar-refractivity contribution in [3.05, 3.63) is 77.1 Å². The van der Waals surface area contributed by atoms with Crippen LogP contribution in [0.2, 0.25) is 5.02 Å². The van der Waals surface area contributed by atoms with Crippen LogP contribution in [-0.2, 0) is 0 Å². The number of pyridine rings is 1. The second kappa shape index (κ2) is 6.47. The van der Waals surface area contributed by atoms with E-state index in [0.29, 0.717) is 16.5 Å². The van der Waals surface area contributed by atoms with Crippen molar-refractivity contribution in [1.29, 1.82) is 5.26 Å². The molecule has 5 heteroatoms. The van der Waals surface area contributed by atoms with E-state index in [-0.39, 0.29) is 17.3 Å². The average Bonchev–Trinajstić information content (AvgIpc) is 2.57. The summed E-state index contributed by atoms with van der Waals surface area (Å²) in [6.07, 6.45) is 0. The lowest BCUT2D eigenvalue weighted by Gasteiger charge is -2.09. The van der Waals surface area contributed by atoms with Crippen LogP contribution in [0.25, 0.3) is 11.3 Å². The van der Waals surface area contributed by atoms with Crippen molar-refractivity contribution >= 4 is 11.6 Å². The minimum Gasteiger partial charge on any atom is -0.438 e. The molecule has 23 heavy (non-hydrogen) atoms. The van der Waals surface area contributed by atoms with E-state index in [4.69, 9.17) is 16.3 Å². The monoisotopic (exact) mass is 324 g/mol. The Balaban J connectivity index is 2.02. The SMILES string of the molecule is N#Cc1ccc(-c2ccccc2Cl)nc1Oc1ccc(F)cc1. The first kappa shape index (κ1) is 15.0. The molecule has 0 aliphatic carbocycles. The average molecular weight is 325 g/mol. The molecule has 0 unspecified atom stereocenters. The number of nitriles is 1. The molecule has 1 heterocycles. The smallest absolute Gasteiger partial charge is 0.237 e. The fourth-order valence-corrected chi connectivity index (χ4v) is 2.27. The van der Waals surface area contributed by atoms with Gasteiger partial charge in [-0.15, -0.1) is 0 Å². The topological polar surface area (TPSA) is 45.9 Å². The van der Waals surface area contributed by atoms with E-state index < -0.39 is 0 Å². The highest BCUT2D eigenvalue weighted by atomic mass is 35.5. The molecule has 0 saturated heterocycles. The highest BCUT2D eigenvalue weighted by Crippen LogP contribution is 2.30. The lowest BCUT2D eigenvalue weighted by Crippen LogP contribution is -1.94. The lowest BCUT2D eigenvalue weighted by molar-refractivity contribution is 0.460. The summed E-state index contributed by atoms with van der Waals surface area (Å²) >= 11 is 6.17. The van der Waals surface area contributed by atoms with Gasteiger partial charge in [-0.25, -0.2) is 9.37 Å². The van der Waals surface area contributed by atoms with Gasteiger partial charge in [0.15, 0.2) is 0 Å². The number of ether oxygens (including phenoxy) is 1. The molecule has 0 aliphatic heterocycles. The zero-order valence-corrected chi connectivity index (χ0v) is 12.6. The van der Waals surface area contributed by atoms with E-state index in [9.17, 15) is 9.65 Å². The Morgan fingerprint density at radius 2 is 1.74 bits per heavy atom. The first-order valence-electron chi connectivity index (χ1n) is 6.77. The van der Waals surface area contributed by atoms with Gasteiger partial charge in [0.2, 0.25) is 5.88 Å². The molecule has 0 aliphatic rings. The maximum absolute atomic E-state index is 13.0. The zero-order valence-electron chi connectivity index (χ0n) is 11.8. The quantitative estimate of drug-likeness (QED) is 0.664. The second-order valence-electron chi connectivity index (χ2n) is 4.70. The third kappa shape index (κ3) is 3.31. The van der Waals surface area contributed by atoms with Crippen molar-refractivity contribution in [3.63, 3.8) is 0 Å². The Kier molecular flexibility index (Phi) is 4.22. The number of hydrogen-bond acceptors (Lipinski definition) is 3. The minimum atomic E-state index is -0.365. The second-order valence-corrected chi connectivity index (χ2v) is 5.10. The molecule has 0 saturated carbocycles. The van der Waals surface area contributed by atoms with Crippen LogP contribution < -0.4 is 4.74 Å². The Morgan fingerprint density at radius 3 is 2.43 bits per heavy atom. The van der Waals surface area contributed by atoms with Gasteiger partial charge in [0, 0.05) is 10.6 Å². The first-order chi connectivity index (χ1) is 11.2. The van der Waals surface area contributed by atoms with E-state index in [2.05, 4.69) is 4.98 Å². The van der Waals surface area contributed by atoms with E-state index >= 15 is 0 Å². The first-order valence-corrected chi connectivity index (χ1v) is 7.14. The molecule has 0 bridgehead atoms. The molecule has 1 aromatic heterocycles. The summed E-state index contributed by atoms with van der Waals surface area (Å²) in [6, 6.07) is 18.1. The van der Waals surface area contributed by atoms with Gasteiger partial charge in [-0.2, -0.15) is 5.26 Å². The van der Waals surface area contributed by atoms with Crippen molar-refractivity contribution in [2.45, 2.75) is 0 Å². The molecule has 0 fully saturated rings. The van der Waals surface area contributed by atoms with Gasteiger partial charge in [0.25, 0.3) is 0 Å². The molecular formula is C18H10ClFN2O. The Labute approximate surface area is 137 Å². The molecular weight excluding hydrogens is 315 g/mol. The summed E-state index contributed by atoms with van der Waals surface area (Å²) in [6.45, 7) is 0. The molecule has 2 aromatic carbocycles. The van der Waals surface area contributed by atoms with E-state index in [0.717, 1.165) is 5.56 Å². The van der Waals surface area contributed by atoms with Crippen LogP contribution in [0.5, 0.6) is 11.6 Å². The number of hydrogen-bond donors (Lipinski definition) is 0. The number of nitrogens with zero attached hydrogens (tertiary/aromatic N) is 2. The number of rotatable bonds is 3. The van der Waals surface area contributed by atoms with Gasteiger partial charge in [-0.1, -0.05) is 29.8 Å². The van der Waals surface area contributed by atoms with E-state index in [1.165, 1.54) is 24.3 Å². The van der Waals surface area contributed by atoms with Crippen LogP contribution in [0.4, 0.5) is 4.39 Å². The molecule has 112 valence electrons. The Hall–Kier alpha value is -2.90.